The first-order valence-electron chi connectivity index (χ1n) is 6.79. The Balaban J connectivity index is 2.31. The third-order valence-electron chi connectivity index (χ3n) is 3.79. The highest BCUT2D eigenvalue weighted by Crippen LogP contribution is 2.24. The van der Waals surface area contributed by atoms with Crippen molar-refractivity contribution in [1.29, 1.82) is 0 Å². The van der Waals surface area contributed by atoms with Crippen LogP contribution >= 0.6 is 0 Å². The van der Waals surface area contributed by atoms with E-state index in [1.165, 1.54) is 28.3 Å². The quantitative estimate of drug-likeness (QED) is 0.660. The summed E-state index contributed by atoms with van der Waals surface area (Å²) >= 11 is 0. The third kappa shape index (κ3) is 3.24. The number of rotatable bonds is 4. The smallest absolute Gasteiger partial charge is 0.123 e. The van der Waals surface area contributed by atoms with E-state index in [4.69, 9.17) is 5.84 Å². The van der Waals surface area contributed by atoms with Gasteiger partial charge >= 0.3 is 0 Å². The fourth-order valence-corrected chi connectivity index (χ4v) is 2.52. The number of benzene rings is 2. The average molecular weight is 272 g/mol. The van der Waals surface area contributed by atoms with E-state index < -0.39 is 0 Å². The number of hydrogen-bond donors (Lipinski definition) is 2. The highest BCUT2D eigenvalue weighted by Gasteiger charge is 2.14. The van der Waals surface area contributed by atoms with E-state index in [1.807, 2.05) is 6.07 Å². The molecule has 2 rings (SSSR count). The molecule has 2 nitrogen and oxygen atoms in total. The first-order chi connectivity index (χ1) is 9.51. The number of hydrazine groups is 1. The van der Waals surface area contributed by atoms with Crippen LogP contribution in [0.5, 0.6) is 0 Å². The topological polar surface area (TPSA) is 38.0 Å². The molecule has 0 heterocycles. The summed E-state index contributed by atoms with van der Waals surface area (Å²) in [5.74, 6) is 5.49. The summed E-state index contributed by atoms with van der Waals surface area (Å²) in [6.07, 6.45) is 0.664. The number of halogens is 1. The lowest BCUT2D eigenvalue weighted by Gasteiger charge is -2.20. The summed E-state index contributed by atoms with van der Waals surface area (Å²) in [4.78, 5) is 0. The van der Waals surface area contributed by atoms with Crippen LogP contribution in [-0.4, -0.2) is 0 Å². The first-order valence-corrected chi connectivity index (χ1v) is 6.79. The zero-order chi connectivity index (χ0) is 14.7. The lowest BCUT2D eigenvalue weighted by molar-refractivity contribution is 0.545. The van der Waals surface area contributed by atoms with Crippen LogP contribution in [0.25, 0.3) is 0 Å². The largest absolute Gasteiger partial charge is 0.271 e. The molecule has 0 spiro atoms. The minimum atomic E-state index is -0.213. The van der Waals surface area contributed by atoms with Crippen LogP contribution in [0, 0.1) is 26.6 Å². The van der Waals surface area contributed by atoms with Gasteiger partial charge in [0.25, 0.3) is 0 Å². The van der Waals surface area contributed by atoms with E-state index in [9.17, 15) is 4.39 Å². The molecule has 2 aromatic rings. The fourth-order valence-electron chi connectivity index (χ4n) is 2.52. The molecule has 106 valence electrons. The molecule has 0 saturated heterocycles. The van der Waals surface area contributed by atoms with Crippen molar-refractivity contribution in [3.63, 3.8) is 0 Å². The summed E-state index contributed by atoms with van der Waals surface area (Å²) in [6.45, 7) is 6.27. The van der Waals surface area contributed by atoms with Crippen LogP contribution in [-0.2, 0) is 6.42 Å². The molecule has 2 aromatic carbocycles. The zero-order valence-corrected chi connectivity index (χ0v) is 12.2. The molecule has 3 N–H and O–H groups in total. The van der Waals surface area contributed by atoms with Gasteiger partial charge in [-0.15, -0.1) is 0 Å². The monoisotopic (exact) mass is 272 g/mol. The van der Waals surface area contributed by atoms with Crippen LogP contribution < -0.4 is 11.3 Å². The lowest BCUT2D eigenvalue weighted by atomic mass is 9.92. The van der Waals surface area contributed by atoms with Gasteiger partial charge in [0.1, 0.15) is 5.82 Å². The Morgan fingerprint density at radius 2 is 1.75 bits per heavy atom. The van der Waals surface area contributed by atoms with Gasteiger partial charge in [-0.2, -0.15) is 0 Å². The molecular formula is C17H21FN2. The fraction of sp³-hybridized carbons (Fsp3) is 0.294. The number of hydrogen-bond acceptors (Lipinski definition) is 2. The Bertz CT molecular complexity index is 608. The van der Waals surface area contributed by atoms with E-state index in [2.05, 4.69) is 38.3 Å². The molecule has 0 saturated carbocycles. The molecule has 0 bridgehead atoms. The van der Waals surface area contributed by atoms with E-state index in [0.29, 0.717) is 6.42 Å². The Hall–Kier alpha value is -1.71. The van der Waals surface area contributed by atoms with E-state index in [0.717, 1.165) is 5.56 Å². The van der Waals surface area contributed by atoms with Crippen LogP contribution in [0.2, 0.25) is 0 Å². The van der Waals surface area contributed by atoms with Crippen LogP contribution in [0.3, 0.4) is 0 Å². The van der Waals surface area contributed by atoms with Crippen molar-refractivity contribution in [3.05, 3.63) is 70.0 Å². The molecule has 1 unspecified atom stereocenters. The van der Waals surface area contributed by atoms with Gasteiger partial charge in [-0.25, -0.2) is 4.39 Å². The molecule has 0 fully saturated rings. The van der Waals surface area contributed by atoms with Crippen molar-refractivity contribution < 1.29 is 4.39 Å². The van der Waals surface area contributed by atoms with Gasteiger partial charge in [-0.3, -0.25) is 11.3 Å². The molecule has 0 aliphatic heterocycles. The summed E-state index contributed by atoms with van der Waals surface area (Å²) in [5, 5.41) is 0. The molecule has 0 radical (unpaired) electrons. The maximum absolute atomic E-state index is 13.3. The van der Waals surface area contributed by atoms with Crippen molar-refractivity contribution in [2.75, 3.05) is 0 Å². The second kappa shape index (κ2) is 6.16. The van der Waals surface area contributed by atoms with Gasteiger partial charge in [-0.1, -0.05) is 24.3 Å². The predicted molar refractivity (Wildman–Crippen MR) is 80.8 cm³/mol. The highest BCUT2D eigenvalue weighted by atomic mass is 19.1. The van der Waals surface area contributed by atoms with Gasteiger partial charge in [0, 0.05) is 0 Å². The van der Waals surface area contributed by atoms with Gasteiger partial charge < -0.3 is 0 Å². The van der Waals surface area contributed by atoms with E-state index in [-0.39, 0.29) is 11.9 Å². The summed E-state index contributed by atoms with van der Waals surface area (Å²) in [5.41, 5.74) is 8.67. The predicted octanol–water partition coefficient (Wildman–Crippen LogP) is 3.50. The lowest BCUT2D eigenvalue weighted by Crippen LogP contribution is -2.30. The third-order valence-corrected chi connectivity index (χ3v) is 3.79. The Morgan fingerprint density at radius 1 is 1.05 bits per heavy atom. The van der Waals surface area contributed by atoms with Crippen molar-refractivity contribution in [2.45, 2.75) is 33.2 Å². The van der Waals surface area contributed by atoms with E-state index >= 15 is 0 Å². The summed E-state index contributed by atoms with van der Waals surface area (Å²) < 4.78 is 13.3. The van der Waals surface area contributed by atoms with Crippen LogP contribution in [0.1, 0.15) is 33.9 Å². The number of nitrogens with one attached hydrogen (secondary N) is 1. The Kier molecular flexibility index (Phi) is 4.53. The maximum Gasteiger partial charge on any atom is 0.123 e. The minimum absolute atomic E-state index is 0.0175. The van der Waals surface area contributed by atoms with Gasteiger partial charge in [-0.05, 0) is 67.1 Å². The van der Waals surface area contributed by atoms with Crippen molar-refractivity contribution >= 4 is 0 Å². The van der Waals surface area contributed by atoms with Gasteiger partial charge in [0.15, 0.2) is 0 Å². The normalized spacial score (nSPS) is 12.4. The molecule has 1 atom stereocenters. The maximum atomic E-state index is 13.3. The first kappa shape index (κ1) is 14.7. The van der Waals surface area contributed by atoms with Crippen molar-refractivity contribution in [1.82, 2.24) is 5.43 Å². The van der Waals surface area contributed by atoms with Crippen molar-refractivity contribution in [2.24, 2.45) is 5.84 Å². The average Bonchev–Trinajstić information content (AvgIpc) is 2.40. The Morgan fingerprint density at radius 3 is 2.40 bits per heavy atom. The van der Waals surface area contributed by atoms with Crippen molar-refractivity contribution in [3.8, 4) is 0 Å². The molecule has 0 aromatic heterocycles. The molecule has 3 heteroatoms. The number of aryl methyl sites for hydroxylation is 3. The highest BCUT2D eigenvalue weighted by molar-refractivity contribution is 5.39. The molecular weight excluding hydrogens is 251 g/mol. The zero-order valence-electron chi connectivity index (χ0n) is 12.2. The molecule has 0 amide bonds. The van der Waals surface area contributed by atoms with Crippen LogP contribution in [0.15, 0.2) is 36.4 Å². The standard InChI is InChI=1S/C17H21FN2/c1-11-7-13(3)16(8-12(11)2)17(20-19)10-14-5-4-6-15(18)9-14/h4-9,17,20H,10,19H2,1-3H3. The molecule has 0 aliphatic carbocycles. The second-order valence-corrected chi connectivity index (χ2v) is 5.35. The summed E-state index contributed by atoms with van der Waals surface area (Å²) in [6, 6.07) is 11.0. The molecule has 20 heavy (non-hydrogen) atoms. The Labute approximate surface area is 119 Å². The van der Waals surface area contributed by atoms with Crippen LogP contribution in [0.4, 0.5) is 4.39 Å². The molecule has 0 aliphatic rings. The van der Waals surface area contributed by atoms with E-state index in [1.54, 1.807) is 12.1 Å². The number of nitrogens with two attached hydrogens (primary N) is 1. The second-order valence-electron chi connectivity index (χ2n) is 5.35. The van der Waals surface area contributed by atoms with Gasteiger partial charge in [0.2, 0.25) is 0 Å². The SMILES string of the molecule is Cc1cc(C)c(C(Cc2cccc(F)c2)NN)cc1C. The summed E-state index contributed by atoms with van der Waals surface area (Å²) in [7, 11) is 0. The minimum Gasteiger partial charge on any atom is -0.271 e. The van der Waals surface area contributed by atoms with Gasteiger partial charge in [0.05, 0.1) is 6.04 Å².